The monoisotopic (exact) mass is 404 g/mol. The van der Waals surface area contributed by atoms with Gasteiger partial charge in [0.1, 0.15) is 16.2 Å². The van der Waals surface area contributed by atoms with Crippen LogP contribution in [0.25, 0.3) is 21.9 Å². The minimum Gasteiger partial charge on any atom is -0.491 e. The molecule has 0 atom stereocenters. The Bertz CT molecular complexity index is 1250. The molecule has 0 spiro atoms. The molecule has 3 aromatic rings. The summed E-state index contributed by atoms with van der Waals surface area (Å²) < 4.78 is 37.1. The Kier molecular flexibility index (Phi) is 4.93. The molecule has 1 N–H and O–H groups in total. The van der Waals surface area contributed by atoms with Crippen molar-refractivity contribution in [3.05, 3.63) is 46.1 Å². The predicted octanol–water partition coefficient (Wildman–Crippen LogP) is 3.61. The van der Waals surface area contributed by atoms with Gasteiger partial charge in [-0.15, -0.1) is 0 Å². The summed E-state index contributed by atoms with van der Waals surface area (Å²) in [7, 11) is -3.78. The summed E-state index contributed by atoms with van der Waals surface area (Å²) in [5.74, 6) is -0.955. The van der Waals surface area contributed by atoms with E-state index in [2.05, 4.69) is 0 Å². The normalized spacial score (nSPS) is 12.2. The van der Waals surface area contributed by atoms with Crippen LogP contribution >= 0.6 is 0 Å². The van der Waals surface area contributed by atoms with E-state index in [1.54, 1.807) is 13.8 Å². The lowest BCUT2D eigenvalue weighted by molar-refractivity contribution is 0.0697. The molecule has 0 fully saturated rings. The lowest BCUT2D eigenvalue weighted by atomic mass is 10.1. The van der Waals surface area contributed by atoms with Gasteiger partial charge >= 0.3 is 5.97 Å². The molecule has 0 aliphatic carbocycles. The summed E-state index contributed by atoms with van der Waals surface area (Å²) in [6.07, 6.45) is -0.238. The molecule has 148 valence electrons. The van der Waals surface area contributed by atoms with Crippen LogP contribution in [0.5, 0.6) is 5.75 Å². The zero-order chi connectivity index (χ0) is 20.8. The van der Waals surface area contributed by atoms with Gasteiger partial charge in [-0.05, 0) is 52.0 Å². The van der Waals surface area contributed by atoms with Gasteiger partial charge in [-0.2, -0.15) is 0 Å². The first-order valence-electron chi connectivity index (χ1n) is 8.71. The van der Waals surface area contributed by atoms with Gasteiger partial charge in [0.05, 0.1) is 27.7 Å². The lowest BCUT2D eigenvalue weighted by Crippen LogP contribution is -2.16. The van der Waals surface area contributed by atoms with Gasteiger partial charge in [-0.3, -0.25) is 4.79 Å². The molecular formula is C20H20O7S. The quantitative estimate of drug-likeness (QED) is 0.647. The Morgan fingerprint density at radius 3 is 2.32 bits per heavy atom. The first-order valence-corrected chi connectivity index (χ1v) is 10.3. The summed E-state index contributed by atoms with van der Waals surface area (Å²) in [6, 6.07) is 6.65. The number of ether oxygens (including phenoxy) is 1. The van der Waals surface area contributed by atoms with Crippen molar-refractivity contribution < 1.29 is 27.5 Å². The first-order chi connectivity index (χ1) is 13.0. The number of fused-ring (bicyclic) bond motifs is 2. The van der Waals surface area contributed by atoms with Gasteiger partial charge in [0, 0.05) is 6.07 Å². The predicted molar refractivity (Wildman–Crippen MR) is 105 cm³/mol. The van der Waals surface area contributed by atoms with Crippen LogP contribution in [0.4, 0.5) is 0 Å². The number of sulfone groups is 1. The zero-order valence-corrected chi connectivity index (χ0v) is 16.7. The molecule has 1 aromatic heterocycles. The Hall–Kier alpha value is -2.87. The lowest BCUT2D eigenvalue weighted by Gasteiger charge is -2.15. The smallest absolute Gasteiger partial charge is 0.335 e. The topological polar surface area (TPSA) is 111 Å². The molecule has 2 aromatic carbocycles. The van der Waals surface area contributed by atoms with E-state index in [1.165, 1.54) is 44.2 Å². The Balaban J connectivity index is 2.48. The SMILES string of the molecule is CC(C)Oc1cc(S(=O)(=O)C(C)C)c2oc3ccc(C(=O)O)cc3c(=O)c2c1. The number of hydrogen-bond acceptors (Lipinski definition) is 6. The summed E-state index contributed by atoms with van der Waals surface area (Å²) in [5, 5.41) is 8.51. The van der Waals surface area contributed by atoms with Gasteiger partial charge in [0.15, 0.2) is 15.4 Å². The molecule has 0 aliphatic rings. The third-order valence-corrected chi connectivity index (χ3v) is 6.41. The van der Waals surface area contributed by atoms with Crippen LogP contribution < -0.4 is 10.2 Å². The van der Waals surface area contributed by atoms with Crippen LogP contribution in [0.2, 0.25) is 0 Å². The summed E-state index contributed by atoms with van der Waals surface area (Å²) in [6.45, 7) is 6.64. The summed E-state index contributed by atoms with van der Waals surface area (Å²) >= 11 is 0. The number of carbonyl (C=O) groups is 1. The van der Waals surface area contributed by atoms with Gasteiger partial charge in [-0.25, -0.2) is 13.2 Å². The standard InChI is InChI=1S/C20H20O7S/c1-10(2)26-13-8-15-18(21)14-7-12(20(22)23)5-6-16(14)27-19(15)17(9-13)28(24,25)11(3)4/h5-11H,1-4H3,(H,22,23). The van der Waals surface area contributed by atoms with E-state index in [1.807, 2.05) is 0 Å². The number of carboxylic acid groups (broad SMARTS) is 1. The summed E-state index contributed by atoms with van der Waals surface area (Å²) in [5.41, 5.74) is -0.539. The third-order valence-electron chi connectivity index (χ3n) is 4.26. The second-order valence-corrected chi connectivity index (χ2v) is 9.48. The van der Waals surface area contributed by atoms with E-state index in [4.69, 9.17) is 9.15 Å². The maximum absolute atomic E-state index is 13.0. The van der Waals surface area contributed by atoms with E-state index in [9.17, 15) is 23.1 Å². The molecule has 3 rings (SSSR count). The average molecular weight is 404 g/mol. The van der Waals surface area contributed by atoms with Crippen molar-refractivity contribution in [3.8, 4) is 5.75 Å². The molecule has 0 bridgehead atoms. The van der Waals surface area contributed by atoms with Gasteiger partial charge in [-0.1, -0.05) is 0 Å². The van der Waals surface area contributed by atoms with Crippen molar-refractivity contribution in [1.29, 1.82) is 0 Å². The maximum atomic E-state index is 13.0. The molecule has 8 heteroatoms. The number of rotatable bonds is 5. The number of carboxylic acids is 1. The fourth-order valence-electron chi connectivity index (χ4n) is 2.84. The number of benzene rings is 2. The molecule has 0 aliphatic heterocycles. The zero-order valence-electron chi connectivity index (χ0n) is 15.8. The van der Waals surface area contributed by atoms with Crippen molar-refractivity contribution >= 4 is 37.7 Å². The molecule has 0 amide bonds. The van der Waals surface area contributed by atoms with E-state index < -0.39 is 26.5 Å². The average Bonchev–Trinajstić information content (AvgIpc) is 2.61. The van der Waals surface area contributed by atoms with Gasteiger partial charge in [0.25, 0.3) is 0 Å². The molecule has 7 nitrogen and oxygen atoms in total. The molecule has 0 saturated heterocycles. The van der Waals surface area contributed by atoms with E-state index >= 15 is 0 Å². The Morgan fingerprint density at radius 1 is 1.07 bits per heavy atom. The second-order valence-electron chi connectivity index (χ2n) is 7.01. The highest BCUT2D eigenvalue weighted by Gasteiger charge is 2.26. The van der Waals surface area contributed by atoms with Crippen molar-refractivity contribution in [3.63, 3.8) is 0 Å². The van der Waals surface area contributed by atoms with E-state index in [-0.39, 0.29) is 44.3 Å². The first kappa shape index (κ1) is 19.9. The molecule has 0 saturated carbocycles. The molecule has 0 unspecified atom stereocenters. The highest BCUT2D eigenvalue weighted by Crippen LogP contribution is 2.32. The van der Waals surface area contributed by atoms with Crippen molar-refractivity contribution in [2.75, 3.05) is 0 Å². The second kappa shape index (κ2) is 6.94. The largest absolute Gasteiger partial charge is 0.491 e. The van der Waals surface area contributed by atoms with E-state index in [0.717, 1.165) is 0 Å². The van der Waals surface area contributed by atoms with Crippen molar-refractivity contribution in [2.24, 2.45) is 0 Å². The van der Waals surface area contributed by atoms with Crippen LogP contribution in [0, 0.1) is 0 Å². The van der Waals surface area contributed by atoms with Crippen LogP contribution in [0.15, 0.2) is 44.4 Å². The van der Waals surface area contributed by atoms with Crippen LogP contribution in [0.3, 0.4) is 0 Å². The van der Waals surface area contributed by atoms with Gasteiger partial charge in [0.2, 0.25) is 5.43 Å². The fraction of sp³-hybridized carbons (Fsp3) is 0.300. The third kappa shape index (κ3) is 3.35. The molecule has 0 radical (unpaired) electrons. The molecule has 1 heterocycles. The minimum atomic E-state index is -3.78. The molecular weight excluding hydrogens is 384 g/mol. The van der Waals surface area contributed by atoms with Crippen molar-refractivity contribution in [2.45, 2.75) is 43.9 Å². The van der Waals surface area contributed by atoms with Crippen molar-refractivity contribution in [1.82, 2.24) is 0 Å². The van der Waals surface area contributed by atoms with Gasteiger partial charge < -0.3 is 14.3 Å². The van der Waals surface area contributed by atoms with Crippen LogP contribution in [0.1, 0.15) is 38.1 Å². The van der Waals surface area contributed by atoms with E-state index in [0.29, 0.717) is 0 Å². The fourth-order valence-corrected chi connectivity index (χ4v) is 4.04. The maximum Gasteiger partial charge on any atom is 0.335 e. The highest BCUT2D eigenvalue weighted by atomic mass is 32.2. The highest BCUT2D eigenvalue weighted by molar-refractivity contribution is 7.92. The summed E-state index contributed by atoms with van der Waals surface area (Å²) in [4.78, 5) is 24.1. The minimum absolute atomic E-state index is 0.0208. The molecule has 28 heavy (non-hydrogen) atoms. The van der Waals surface area contributed by atoms with Crippen LogP contribution in [-0.4, -0.2) is 30.8 Å². The Labute approximate surface area is 161 Å². The number of hydrogen-bond donors (Lipinski definition) is 1. The number of aromatic carboxylic acids is 1. The van der Waals surface area contributed by atoms with Crippen LogP contribution in [-0.2, 0) is 9.84 Å². The Morgan fingerprint density at radius 2 is 1.75 bits per heavy atom.